The molecule has 1 fully saturated rings. The zero-order valence-electron chi connectivity index (χ0n) is 20.2. The van der Waals surface area contributed by atoms with Crippen molar-refractivity contribution in [3.8, 4) is 22.4 Å². The molecule has 2 aliphatic rings. The highest BCUT2D eigenvalue weighted by Crippen LogP contribution is 2.47. The first-order chi connectivity index (χ1) is 18.1. The van der Waals surface area contributed by atoms with Gasteiger partial charge in [0.2, 0.25) is 5.91 Å². The molecule has 1 aliphatic heterocycles. The standard InChI is InChI=1S/C30H26N4O3/c35-28(33-29(36)30(37)24-12-5-3-10-22(24)23-11-4-6-13-25(23)30)27-14-7-17-34(27)19-20-8-1-2-9-21(20)26-18-31-15-16-32-26/h1-6,8-13,15-16,18,27,37H,7,14,17,19H2,(H,33,35,36)/t27-/m0/s1. The molecule has 3 aromatic carbocycles. The fourth-order valence-corrected chi connectivity index (χ4v) is 5.62. The van der Waals surface area contributed by atoms with Crippen molar-refractivity contribution >= 4 is 11.8 Å². The predicted octanol–water partition coefficient (Wildman–Crippen LogP) is 3.67. The Morgan fingerprint density at radius 2 is 1.57 bits per heavy atom. The first-order valence-electron chi connectivity index (χ1n) is 12.4. The molecule has 4 aromatic rings. The number of fused-ring (bicyclic) bond motifs is 3. The normalized spacial score (nSPS) is 17.7. The number of carbonyl (C=O) groups excluding carboxylic acids is 2. The van der Waals surface area contributed by atoms with Crippen molar-refractivity contribution in [1.29, 1.82) is 0 Å². The molecular formula is C30H26N4O3. The van der Waals surface area contributed by atoms with Crippen molar-refractivity contribution in [1.82, 2.24) is 20.2 Å². The van der Waals surface area contributed by atoms with Gasteiger partial charge in [-0.3, -0.25) is 29.8 Å². The van der Waals surface area contributed by atoms with Crippen molar-refractivity contribution in [3.05, 3.63) is 108 Å². The maximum absolute atomic E-state index is 13.5. The minimum Gasteiger partial charge on any atom is -0.372 e. The van der Waals surface area contributed by atoms with Crippen LogP contribution < -0.4 is 5.32 Å². The van der Waals surface area contributed by atoms with Gasteiger partial charge in [-0.25, -0.2) is 0 Å². The Morgan fingerprint density at radius 1 is 0.919 bits per heavy atom. The van der Waals surface area contributed by atoms with E-state index in [0.717, 1.165) is 40.9 Å². The molecule has 0 saturated carbocycles. The van der Waals surface area contributed by atoms with Gasteiger partial charge in [-0.1, -0.05) is 72.8 Å². The second-order valence-electron chi connectivity index (χ2n) is 9.50. The lowest BCUT2D eigenvalue weighted by Crippen LogP contribution is -2.51. The van der Waals surface area contributed by atoms with Gasteiger partial charge in [0.15, 0.2) is 5.60 Å². The molecule has 1 atom stereocenters. The summed E-state index contributed by atoms with van der Waals surface area (Å²) in [7, 11) is 0. The number of aliphatic hydroxyl groups is 1. The highest BCUT2D eigenvalue weighted by Gasteiger charge is 2.48. The van der Waals surface area contributed by atoms with Gasteiger partial charge < -0.3 is 5.11 Å². The SMILES string of the molecule is O=C(NC(=O)C1(O)c2ccccc2-c2ccccc21)[C@@H]1CCCN1Cc1ccccc1-c1cnccn1. The summed E-state index contributed by atoms with van der Waals surface area (Å²) in [5, 5.41) is 14.3. The van der Waals surface area contributed by atoms with Crippen LogP contribution in [0, 0.1) is 0 Å². The first kappa shape index (κ1) is 23.2. The summed E-state index contributed by atoms with van der Waals surface area (Å²) in [5.74, 6) is -1.11. The second-order valence-corrected chi connectivity index (χ2v) is 9.50. The fraction of sp³-hybridized carbons (Fsp3) is 0.200. The highest BCUT2D eigenvalue weighted by atomic mass is 16.3. The maximum Gasteiger partial charge on any atom is 0.268 e. The number of hydrogen-bond acceptors (Lipinski definition) is 6. The average Bonchev–Trinajstić information content (AvgIpc) is 3.51. The second kappa shape index (κ2) is 9.35. The van der Waals surface area contributed by atoms with Gasteiger partial charge in [-0.2, -0.15) is 0 Å². The van der Waals surface area contributed by atoms with Gasteiger partial charge in [0, 0.05) is 35.6 Å². The Hall–Kier alpha value is -4.20. The van der Waals surface area contributed by atoms with E-state index in [1.54, 1.807) is 42.9 Å². The van der Waals surface area contributed by atoms with Crippen LogP contribution in [0.5, 0.6) is 0 Å². The number of aromatic nitrogens is 2. The van der Waals surface area contributed by atoms with Gasteiger partial charge in [-0.05, 0) is 36.1 Å². The van der Waals surface area contributed by atoms with Crippen LogP contribution in [0.1, 0.15) is 29.5 Å². The molecule has 37 heavy (non-hydrogen) atoms. The number of carbonyl (C=O) groups is 2. The maximum atomic E-state index is 13.5. The molecule has 0 bridgehead atoms. The molecular weight excluding hydrogens is 464 g/mol. The summed E-state index contributed by atoms with van der Waals surface area (Å²) in [4.78, 5) is 37.7. The van der Waals surface area contributed by atoms with Crippen molar-refractivity contribution in [2.45, 2.75) is 31.0 Å². The Morgan fingerprint density at radius 3 is 2.24 bits per heavy atom. The van der Waals surface area contributed by atoms with Gasteiger partial charge in [0.25, 0.3) is 5.91 Å². The van der Waals surface area contributed by atoms with Crippen LogP contribution >= 0.6 is 0 Å². The number of benzene rings is 3. The number of likely N-dealkylation sites (tertiary alicyclic amines) is 1. The molecule has 1 aromatic heterocycles. The van der Waals surface area contributed by atoms with Crippen LogP contribution in [-0.2, 0) is 21.7 Å². The molecule has 7 heteroatoms. The van der Waals surface area contributed by atoms with Crippen LogP contribution in [0.15, 0.2) is 91.4 Å². The van der Waals surface area contributed by atoms with E-state index < -0.39 is 23.5 Å². The summed E-state index contributed by atoms with van der Waals surface area (Å²) in [6.45, 7) is 1.27. The predicted molar refractivity (Wildman–Crippen MR) is 139 cm³/mol. The minimum atomic E-state index is -1.93. The topological polar surface area (TPSA) is 95.4 Å². The Bertz CT molecular complexity index is 1440. The van der Waals surface area contributed by atoms with Crippen LogP contribution in [0.2, 0.25) is 0 Å². The number of hydrogen-bond donors (Lipinski definition) is 2. The van der Waals surface area contributed by atoms with Gasteiger partial charge in [0.1, 0.15) is 0 Å². The van der Waals surface area contributed by atoms with E-state index in [9.17, 15) is 14.7 Å². The van der Waals surface area contributed by atoms with Crippen LogP contribution in [-0.4, -0.2) is 44.4 Å². The zero-order chi connectivity index (χ0) is 25.4. The lowest BCUT2D eigenvalue weighted by atomic mass is 9.90. The largest absolute Gasteiger partial charge is 0.372 e. The summed E-state index contributed by atoms with van der Waals surface area (Å²) in [5.41, 5.74) is 3.42. The molecule has 0 unspecified atom stereocenters. The molecule has 0 spiro atoms. The molecule has 0 radical (unpaired) electrons. The molecule has 1 saturated heterocycles. The third-order valence-corrected chi connectivity index (χ3v) is 7.39. The Balaban J connectivity index is 1.24. The van der Waals surface area contributed by atoms with E-state index in [4.69, 9.17) is 0 Å². The lowest BCUT2D eigenvalue weighted by Gasteiger charge is -2.27. The Labute approximate surface area is 214 Å². The molecule has 7 nitrogen and oxygen atoms in total. The number of imide groups is 1. The van der Waals surface area contributed by atoms with E-state index in [1.807, 2.05) is 48.5 Å². The smallest absolute Gasteiger partial charge is 0.268 e. The van der Waals surface area contributed by atoms with E-state index in [1.165, 1.54) is 0 Å². The number of nitrogens with zero attached hydrogens (tertiary/aromatic N) is 3. The molecule has 6 rings (SSSR count). The number of nitrogens with one attached hydrogen (secondary N) is 1. The molecule has 184 valence electrons. The third-order valence-electron chi connectivity index (χ3n) is 7.39. The summed E-state index contributed by atoms with van der Waals surface area (Å²) in [6.07, 6.45) is 6.50. The van der Waals surface area contributed by atoms with Crippen molar-refractivity contribution < 1.29 is 14.7 Å². The molecule has 1 aliphatic carbocycles. The molecule has 2 N–H and O–H groups in total. The van der Waals surface area contributed by atoms with Crippen LogP contribution in [0.3, 0.4) is 0 Å². The van der Waals surface area contributed by atoms with Crippen LogP contribution in [0.25, 0.3) is 22.4 Å². The van der Waals surface area contributed by atoms with E-state index in [2.05, 4.69) is 20.2 Å². The van der Waals surface area contributed by atoms with E-state index in [-0.39, 0.29) is 0 Å². The monoisotopic (exact) mass is 490 g/mol. The Kier molecular flexibility index (Phi) is 5.87. The average molecular weight is 491 g/mol. The first-order valence-corrected chi connectivity index (χ1v) is 12.4. The zero-order valence-corrected chi connectivity index (χ0v) is 20.2. The van der Waals surface area contributed by atoms with Crippen molar-refractivity contribution in [3.63, 3.8) is 0 Å². The van der Waals surface area contributed by atoms with Crippen LogP contribution in [0.4, 0.5) is 0 Å². The third kappa shape index (κ3) is 3.93. The van der Waals surface area contributed by atoms with Crippen molar-refractivity contribution in [2.75, 3.05) is 6.54 Å². The minimum absolute atomic E-state index is 0.394. The molecule has 2 amide bonds. The van der Waals surface area contributed by atoms with Gasteiger partial charge in [0.05, 0.1) is 17.9 Å². The molecule has 2 heterocycles. The number of amides is 2. The van der Waals surface area contributed by atoms with Gasteiger partial charge in [-0.15, -0.1) is 0 Å². The lowest BCUT2D eigenvalue weighted by molar-refractivity contribution is -0.142. The summed E-state index contributed by atoms with van der Waals surface area (Å²) in [6, 6.07) is 22.0. The van der Waals surface area contributed by atoms with E-state index >= 15 is 0 Å². The van der Waals surface area contributed by atoms with Crippen molar-refractivity contribution in [2.24, 2.45) is 0 Å². The summed E-state index contributed by atoms with van der Waals surface area (Å²) < 4.78 is 0. The fourth-order valence-electron chi connectivity index (χ4n) is 5.62. The van der Waals surface area contributed by atoms with Gasteiger partial charge >= 0.3 is 0 Å². The summed E-state index contributed by atoms with van der Waals surface area (Å²) >= 11 is 0. The highest BCUT2D eigenvalue weighted by molar-refractivity contribution is 6.06. The number of rotatable bonds is 5. The quantitative estimate of drug-likeness (QED) is 0.415. The van der Waals surface area contributed by atoms with E-state index in [0.29, 0.717) is 24.1 Å².